The van der Waals surface area contributed by atoms with Crippen molar-refractivity contribution in [3.05, 3.63) is 83.9 Å². The van der Waals surface area contributed by atoms with Crippen LogP contribution in [-0.4, -0.2) is 19.0 Å². The van der Waals surface area contributed by atoms with Crippen molar-refractivity contribution >= 4 is 6.79 Å². The highest BCUT2D eigenvalue weighted by atomic mass is 16.5. The van der Waals surface area contributed by atoms with Crippen molar-refractivity contribution in [2.24, 2.45) is 0 Å². The van der Waals surface area contributed by atoms with E-state index in [1.807, 2.05) is 55.3 Å². The second-order valence-corrected chi connectivity index (χ2v) is 5.16. The lowest BCUT2D eigenvalue weighted by atomic mass is 9.94. The number of carbonyl (C=O) groups is 1. The van der Waals surface area contributed by atoms with Gasteiger partial charge >= 0.3 is 0 Å². The van der Waals surface area contributed by atoms with Crippen molar-refractivity contribution in [3.63, 3.8) is 0 Å². The summed E-state index contributed by atoms with van der Waals surface area (Å²) in [6, 6.07) is 23.7. The van der Waals surface area contributed by atoms with Crippen LogP contribution in [0.25, 0.3) is 11.1 Å². The minimum absolute atomic E-state index is 0.331. The van der Waals surface area contributed by atoms with E-state index >= 15 is 0 Å². The third kappa shape index (κ3) is 3.82. The van der Waals surface area contributed by atoms with Crippen LogP contribution in [-0.2, 0) is 11.2 Å². The predicted octanol–water partition coefficient (Wildman–Crippen LogP) is 4.47. The Hall–Kier alpha value is -3.07. The molecule has 0 saturated heterocycles. The number of hydrogen-bond acceptors (Lipinski definition) is 3. The maximum absolute atomic E-state index is 10.0. The molecule has 0 amide bonds. The fourth-order valence-corrected chi connectivity index (χ4v) is 2.67. The number of ether oxygens (including phenoxy) is 1. The fourth-order valence-electron chi connectivity index (χ4n) is 2.67. The van der Waals surface area contributed by atoms with Crippen LogP contribution in [0.1, 0.15) is 11.1 Å². The Balaban J connectivity index is 0.00000100. The summed E-state index contributed by atoms with van der Waals surface area (Å²) in [5.41, 5.74) is 4.28. The molecule has 0 heterocycles. The van der Waals surface area contributed by atoms with Crippen LogP contribution in [0.5, 0.6) is 11.5 Å². The van der Waals surface area contributed by atoms with E-state index in [9.17, 15) is 5.11 Å². The van der Waals surface area contributed by atoms with Gasteiger partial charge in [-0.05, 0) is 28.8 Å². The highest BCUT2D eigenvalue weighted by molar-refractivity contribution is 5.73. The average Bonchev–Trinajstić information content (AvgIpc) is 2.66. The third-order valence-electron chi connectivity index (χ3n) is 3.79. The molecule has 3 aromatic carbocycles. The molecule has 3 rings (SSSR count). The minimum atomic E-state index is 0.331. The minimum Gasteiger partial charge on any atom is -0.508 e. The smallest absolute Gasteiger partial charge is 0.126 e. The number of benzene rings is 3. The Morgan fingerprint density at radius 3 is 2.00 bits per heavy atom. The van der Waals surface area contributed by atoms with Crippen LogP contribution in [0.15, 0.2) is 72.8 Å². The Kier molecular flexibility index (Phi) is 6.15. The van der Waals surface area contributed by atoms with Gasteiger partial charge in [-0.1, -0.05) is 60.7 Å². The molecule has 0 unspecified atom stereocenters. The largest absolute Gasteiger partial charge is 0.508 e. The van der Waals surface area contributed by atoms with Gasteiger partial charge in [0.2, 0.25) is 0 Å². The number of aromatic hydroxyl groups is 1. The van der Waals surface area contributed by atoms with Crippen LogP contribution in [0.2, 0.25) is 0 Å². The van der Waals surface area contributed by atoms with Gasteiger partial charge in [-0.25, -0.2) is 0 Å². The molecule has 122 valence electrons. The SMILES string of the molecule is C=O.COc1ccccc1-c1ccccc1Cc1ccccc1O. The molecule has 0 aromatic heterocycles. The van der Waals surface area contributed by atoms with Crippen LogP contribution >= 0.6 is 0 Å². The second kappa shape index (κ2) is 8.53. The van der Waals surface area contributed by atoms with E-state index in [4.69, 9.17) is 9.53 Å². The Morgan fingerprint density at radius 1 is 0.792 bits per heavy atom. The first kappa shape index (κ1) is 17.3. The molecule has 0 aliphatic carbocycles. The van der Waals surface area contributed by atoms with E-state index in [0.717, 1.165) is 28.0 Å². The number of rotatable bonds is 4. The average molecular weight is 320 g/mol. The third-order valence-corrected chi connectivity index (χ3v) is 3.79. The summed E-state index contributed by atoms with van der Waals surface area (Å²) in [6.45, 7) is 2.00. The zero-order valence-electron chi connectivity index (χ0n) is 13.6. The monoisotopic (exact) mass is 320 g/mol. The Bertz CT molecular complexity index is 796. The molecule has 0 bridgehead atoms. The van der Waals surface area contributed by atoms with E-state index < -0.39 is 0 Å². The standard InChI is InChI=1S/C20H18O2.CH2O/c1-22-20-13-7-5-11-18(20)17-10-4-2-8-15(17)14-16-9-3-6-12-19(16)21;1-2/h2-13,21H,14H2,1H3;1H2. The van der Waals surface area contributed by atoms with Crippen molar-refractivity contribution in [1.29, 1.82) is 0 Å². The lowest BCUT2D eigenvalue weighted by Gasteiger charge is -2.13. The number of phenols is 1. The normalized spacial score (nSPS) is 9.71. The molecule has 3 aromatic rings. The summed E-state index contributed by atoms with van der Waals surface area (Å²) >= 11 is 0. The summed E-state index contributed by atoms with van der Waals surface area (Å²) < 4.78 is 5.48. The summed E-state index contributed by atoms with van der Waals surface area (Å²) in [4.78, 5) is 8.00. The second-order valence-electron chi connectivity index (χ2n) is 5.16. The van der Waals surface area contributed by atoms with Crippen molar-refractivity contribution in [2.75, 3.05) is 7.11 Å². The maximum atomic E-state index is 10.0. The topological polar surface area (TPSA) is 46.5 Å². The number of phenolic OH excluding ortho intramolecular Hbond substituents is 1. The quantitative estimate of drug-likeness (QED) is 0.771. The van der Waals surface area contributed by atoms with Crippen molar-refractivity contribution in [1.82, 2.24) is 0 Å². The van der Waals surface area contributed by atoms with E-state index in [0.29, 0.717) is 12.2 Å². The summed E-state index contributed by atoms with van der Waals surface area (Å²) in [7, 11) is 1.68. The predicted molar refractivity (Wildman–Crippen MR) is 96.5 cm³/mol. The zero-order chi connectivity index (χ0) is 17.4. The van der Waals surface area contributed by atoms with Gasteiger partial charge < -0.3 is 14.6 Å². The first-order chi connectivity index (χ1) is 11.8. The van der Waals surface area contributed by atoms with Gasteiger partial charge in [0.25, 0.3) is 0 Å². The molecule has 1 N–H and O–H groups in total. The van der Waals surface area contributed by atoms with Gasteiger partial charge in [-0.15, -0.1) is 0 Å². The maximum Gasteiger partial charge on any atom is 0.126 e. The van der Waals surface area contributed by atoms with Gasteiger partial charge in [0.05, 0.1) is 7.11 Å². The Morgan fingerprint density at radius 2 is 1.33 bits per heavy atom. The van der Waals surface area contributed by atoms with Crippen LogP contribution in [0, 0.1) is 0 Å². The molecule has 0 radical (unpaired) electrons. The van der Waals surface area contributed by atoms with Gasteiger partial charge in [0.15, 0.2) is 0 Å². The van der Waals surface area contributed by atoms with Gasteiger partial charge in [0, 0.05) is 12.0 Å². The van der Waals surface area contributed by atoms with Crippen molar-refractivity contribution in [3.8, 4) is 22.6 Å². The van der Waals surface area contributed by atoms with Crippen LogP contribution in [0.4, 0.5) is 0 Å². The highest BCUT2D eigenvalue weighted by Crippen LogP contribution is 2.33. The molecule has 0 aliphatic heterocycles. The molecule has 0 spiro atoms. The van der Waals surface area contributed by atoms with E-state index in [2.05, 4.69) is 18.2 Å². The zero-order valence-corrected chi connectivity index (χ0v) is 13.6. The van der Waals surface area contributed by atoms with E-state index in [1.54, 1.807) is 13.2 Å². The number of hydrogen-bond donors (Lipinski definition) is 1. The number of carbonyl (C=O) groups excluding carboxylic acids is 1. The van der Waals surface area contributed by atoms with Gasteiger partial charge in [-0.2, -0.15) is 0 Å². The summed E-state index contributed by atoms with van der Waals surface area (Å²) in [5.74, 6) is 1.18. The Labute approximate surface area is 142 Å². The van der Waals surface area contributed by atoms with Crippen LogP contribution in [0.3, 0.4) is 0 Å². The van der Waals surface area contributed by atoms with Crippen molar-refractivity contribution < 1.29 is 14.6 Å². The molecule has 0 aliphatic rings. The molecular weight excluding hydrogens is 300 g/mol. The molecule has 0 saturated carbocycles. The summed E-state index contributed by atoms with van der Waals surface area (Å²) in [6.07, 6.45) is 0.681. The fraction of sp³-hybridized carbons (Fsp3) is 0.0952. The van der Waals surface area contributed by atoms with E-state index in [-0.39, 0.29) is 0 Å². The van der Waals surface area contributed by atoms with Gasteiger partial charge in [-0.3, -0.25) is 0 Å². The molecule has 0 atom stereocenters. The van der Waals surface area contributed by atoms with Crippen LogP contribution < -0.4 is 4.74 Å². The molecular formula is C21H20O3. The lowest BCUT2D eigenvalue weighted by Crippen LogP contribution is -1.94. The molecule has 0 fully saturated rings. The van der Waals surface area contributed by atoms with Crippen molar-refractivity contribution in [2.45, 2.75) is 6.42 Å². The molecule has 3 nitrogen and oxygen atoms in total. The molecule has 3 heteroatoms. The highest BCUT2D eigenvalue weighted by Gasteiger charge is 2.11. The lowest BCUT2D eigenvalue weighted by molar-refractivity contribution is -0.0979. The van der Waals surface area contributed by atoms with E-state index in [1.165, 1.54) is 0 Å². The number of methoxy groups -OCH3 is 1. The van der Waals surface area contributed by atoms with Gasteiger partial charge in [0.1, 0.15) is 18.3 Å². The first-order valence-corrected chi connectivity index (χ1v) is 7.56. The first-order valence-electron chi connectivity index (χ1n) is 7.56. The number of para-hydroxylation sites is 2. The summed E-state index contributed by atoms with van der Waals surface area (Å²) in [5, 5.41) is 10.0. The molecule has 24 heavy (non-hydrogen) atoms.